The van der Waals surface area contributed by atoms with E-state index in [2.05, 4.69) is 13.8 Å². The Balaban J connectivity index is 1.51. The van der Waals surface area contributed by atoms with Crippen molar-refractivity contribution in [3.8, 4) is 0 Å². The molecule has 228 valence electrons. The zero-order valence-corrected chi connectivity index (χ0v) is 25.8. The van der Waals surface area contributed by atoms with E-state index >= 15 is 0 Å². The maximum Gasteiger partial charge on any atom is 0.342 e. The minimum Gasteiger partial charge on any atom is -0.465 e. The van der Waals surface area contributed by atoms with Gasteiger partial charge in [-0.25, -0.2) is 4.79 Å². The number of rotatable bonds is 26. The number of unbranched alkanes of at least 4 members (excludes halogenated alkanes) is 20. The molecule has 0 radical (unpaired) electrons. The first-order valence-electron chi connectivity index (χ1n) is 17.2. The molecular formula is C34H62O5. The lowest BCUT2D eigenvalue weighted by Gasteiger charge is -2.25. The minimum atomic E-state index is -1.07. The summed E-state index contributed by atoms with van der Waals surface area (Å²) in [6, 6.07) is 0. The third-order valence-corrected chi connectivity index (χ3v) is 8.81. The molecule has 0 amide bonds. The zero-order chi connectivity index (χ0) is 28.0. The average molecular weight is 551 g/mol. The van der Waals surface area contributed by atoms with E-state index in [4.69, 9.17) is 14.2 Å². The van der Waals surface area contributed by atoms with Crippen LogP contribution in [0.1, 0.15) is 174 Å². The van der Waals surface area contributed by atoms with E-state index in [1.54, 1.807) is 0 Å². The van der Waals surface area contributed by atoms with Gasteiger partial charge in [-0.05, 0) is 32.1 Å². The van der Waals surface area contributed by atoms with Crippen LogP contribution >= 0.6 is 0 Å². The zero-order valence-electron chi connectivity index (χ0n) is 25.8. The molecule has 0 N–H and O–H groups in total. The molecule has 3 atom stereocenters. The number of carbonyl (C=O) groups excluding carboxylic acids is 2. The molecule has 1 aliphatic carbocycles. The van der Waals surface area contributed by atoms with Gasteiger partial charge in [0.25, 0.3) is 0 Å². The summed E-state index contributed by atoms with van der Waals surface area (Å²) in [4.78, 5) is 25.9. The smallest absolute Gasteiger partial charge is 0.342 e. The first-order valence-corrected chi connectivity index (χ1v) is 17.2. The summed E-state index contributed by atoms with van der Waals surface area (Å²) in [5.74, 6) is -1.11. The Bertz CT molecular complexity index is 635. The van der Waals surface area contributed by atoms with E-state index in [1.165, 1.54) is 116 Å². The van der Waals surface area contributed by atoms with Gasteiger partial charge < -0.3 is 14.2 Å². The number of ether oxygens (including phenoxy) is 3. The first kappa shape index (κ1) is 34.1. The van der Waals surface area contributed by atoms with Crippen molar-refractivity contribution in [2.75, 3.05) is 13.2 Å². The molecule has 1 heterocycles. The number of carbonyl (C=O) groups is 2. The summed E-state index contributed by atoms with van der Waals surface area (Å²) in [6.07, 6.45) is 30.0. The number of esters is 2. The van der Waals surface area contributed by atoms with Crippen molar-refractivity contribution in [3.05, 3.63) is 0 Å². The molecule has 0 bridgehead atoms. The van der Waals surface area contributed by atoms with Crippen LogP contribution in [-0.4, -0.2) is 36.9 Å². The molecular weight excluding hydrogens is 488 g/mol. The molecule has 5 nitrogen and oxygen atoms in total. The van der Waals surface area contributed by atoms with Crippen LogP contribution in [0, 0.1) is 5.92 Å². The lowest BCUT2D eigenvalue weighted by molar-refractivity contribution is -0.163. The Hall–Kier alpha value is -1.10. The molecule has 2 rings (SSSR count). The molecule has 2 aliphatic rings. The van der Waals surface area contributed by atoms with Crippen molar-refractivity contribution in [2.45, 2.75) is 186 Å². The summed E-state index contributed by atoms with van der Waals surface area (Å²) in [5.41, 5.74) is -1.07. The predicted molar refractivity (Wildman–Crippen MR) is 160 cm³/mol. The summed E-state index contributed by atoms with van der Waals surface area (Å²) in [6.45, 7) is 5.39. The average Bonchev–Trinajstić information content (AvgIpc) is 3.70. The number of hydrogen-bond donors (Lipinski definition) is 0. The van der Waals surface area contributed by atoms with E-state index in [9.17, 15) is 9.59 Å². The van der Waals surface area contributed by atoms with E-state index in [0.717, 1.165) is 38.5 Å². The molecule has 1 aliphatic heterocycles. The van der Waals surface area contributed by atoms with Gasteiger partial charge in [-0.2, -0.15) is 0 Å². The Morgan fingerprint density at radius 2 is 1.00 bits per heavy atom. The number of epoxide rings is 1. The highest BCUT2D eigenvalue weighted by atomic mass is 16.7. The van der Waals surface area contributed by atoms with Gasteiger partial charge in [0.05, 0.1) is 25.2 Å². The number of fused-ring (bicyclic) bond motifs is 1. The maximum absolute atomic E-state index is 13.0. The quantitative estimate of drug-likeness (QED) is 0.0609. The van der Waals surface area contributed by atoms with Gasteiger partial charge in [-0.15, -0.1) is 0 Å². The summed E-state index contributed by atoms with van der Waals surface area (Å²) in [5, 5.41) is 0. The SMILES string of the molecule is CCCCCCCCCCCCCOC(=O)C1CCCC2OC21C(=O)OCCCCCCCCCCCCC. The standard InChI is InChI=1S/C34H62O5/c1-3-5-7-9-11-13-15-17-19-21-23-28-37-32(35)30-26-25-27-31-34(30,39-31)33(36)38-29-24-22-20-18-16-14-12-10-8-6-4-2/h30-31H,3-29H2,1-2H3. The third kappa shape index (κ3) is 13.4. The van der Waals surface area contributed by atoms with Gasteiger partial charge in [-0.3, -0.25) is 4.79 Å². The second-order valence-electron chi connectivity index (χ2n) is 12.3. The van der Waals surface area contributed by atoms with Gasteiger partial charge in [-0.1, -0.05) is 142 Å². The van der Waals surface area contributed by atoms with E-state index in [-0.39, 0.29) is 18.0 Å². The second kappa shape index (κ2) is 21.6. The number of hydrogen-bond acceptors (Lipinski definition) is 5. The Labute approximate surface area is 240 Å². The molecule has 3 unspecified atom stereocenters. The van der Waals surface area contributed by atoms with Crippen molar-refractivity contribution in [3.63, 3.8) is 0 Å². The fraction of sp³-hybridized carbons (Fsp3) is 0.941. The predicted octanol–water partition coefficient (Wildman–Crippen LogP) is 9.63. The van der Waals surface area contributed by atoms with Crippen LogP contribution in [0.15, 0.2) is 0 Å². The van der Waals surface area contributed by atoms with Crippen LogP contribution in [0.4, 0.5) is 0 Å². The van der Waals surface area contributed by atoms with Crippen molar-refractivity contribution in [1.82, 2.24) is 0 Å². The van der Waals surface area contributed by atoms with E-state index in [1.807, 2.05) is 0 Å². The van der Waals surface area contributed by atoms with E-state index < -0.39 is 11.5 Å². The molecule has 0 aromatic carbocycles. The van der Waals surface area contributed by atoms with Gasteiger partial charge >= 0.3 is 11.9 Å². The van der Waals surface area contributed by atoms with Crippen LogP contribution in [0.2, 0.25) is 0 Å². The molecule has 2 fully saturated rings. The van der Waals surface area contributed by atoms with E-state index in [0.29, 0.717) is 19.6 Å². The van der Waals surface area contributed by atoms with Gasteiger partial charge in [0, 0.05) is 0 Å². The van der Waals surface area contributed by atoms with Crippen molar-refractivity contribution in [1.29, 1.82) is 0 Å². The van der Waals surface area contributed by atoms with Crippen molar-refractivity contribution >= 4 is 11.9 Å². The van der Waals surface area contributed by atoms with Crippen LogP contribution < -0.4 is 0 Å². The Kier molecular flexibility index (Phi) is 18.9. The van der Waals surface area contributed by atoms with Gasteiger partial charge in [0.2, 0.25) is 5.60 Å². The van der Waals surface area contributed by atoms with Gasteiger partial charge in [0.15, 0.2) is 0 Å². The minimum absolute atomic E-state index is 0.171. The lowest BCUT2D eigenvalue weighted by Crippen LogP contribution is -2.44. The molecule has 39 heavy (non-hydrogen) atoms. The largest absolute Gasteiger partial charge is 0.465 e. The fourth-order valence-corrected chi connectivity index (χ4v) is 6.20. The Morgan fingerprint density at radius 1 is 0.590 bits per heavy atom. The van der Waals surface area contributed by atoms with Crippen LogP contribution in [-0.2, 0) is 23.8 Å². The molecule has 0 aromatic heterocycles. The summed E-state index contributed by atoms with van der Waals surface area (Å²) < 4.78 is 17.1. The highest BCUT2D eigenvalue weighted by Crippen LogP contribution is 2.52. The van der Waals surface area contributed by atoms with Crippen LogP contribution in [0.5, 0.6) is 0 Å². The van der Waals surface area contributed by atoms with Crippen molar-refractivity contribution < 1.29 is 23.8 Å². The highest BCUT2D eigenvalue weighted by molar-refractivity contribution is 5.91. The molecule has 1 saturated heterocycles. The lowest BCUT2D eigenvalue weighted by atomic mass is 9.79. The maximum atomic E-state index is 13.0. The highest BCUT2D eigenvalue weighted by Gasteiger charge is 2.71. The molecule has 0 spiro atoms. The van der Waals surface area contributed by atoms with Gasteiger partial charge in [0.1, 0.15) is 0 Å². The van der Waals surface area contributed by atoms with Crippen molar-refractivity contribution in [2.24, 2.45) is 5.92 Å². The molecule has 0 aromatic rings. The molecule has 1 saturated carbocycles. The summed E-state index contributed by atoms with van der Waals surface area (Å²) in [7, 11) is 0. The molecule has 5 heteroatoms. The second-order valence-corrected chi connectivity index (χ2v) is 12.3. The normalized spacial score (nSPS) is 21.9. The first-order chi connectivity index (χ1) is 19.2. The Morgan fingerprint density at radius 3 is 1.46 bits per heavy atom. The monoisotopic (exact) mass is 550 g/mol. The topological polar surface area (TPSA) is 65.1 Å². The fourth-order valence-electron chi connectivity index (χ4n) is 6.20. The summed E-state index contributed by atoms with van der Waals surface area (Å²) >= 11 is 0. The van der Waals surface area contributed by atoms with Crippen LogP contribution in [0.25, 0.3) is 0 Å². The van der Waals surface area contributed by atoms with Crippen LogP contribution in [0.3, 0.4) is 0 Å². The third-order valence-electron chi connectivity index (χ3n) is 8.81.